The Balaban J connectivity index is 1.43. The number of aromatic carboxylic acids is 1. The summed E-state index contributed by atoms with van der Waals surface area (Å²) in [5.74, 6) is -0.790. The quantitative estimate of drug-likeness (QED) is 0.685. The first-order chi connectivity index (χ1) is 15.2. The molecule has 3 atom stereocenters. The number of carboxylic acid groups (broad SMARTS) is 1. The number of carbonyl (C=O) groups is 2. The normalized spacial score (nSPS) is 22.5. The molecule has 170 valence electrons. The van der Waals surface area contributed by atoms with Crippen LogP contribution in [0.3, 0.4) is 0 Å². The first-order valence-electron chi connectivity index (χ1n) is 10.3. The predicted octanol–water partition coefficient (Wildman–Crippen LogP) is 5.07. The number of anilines is 1. The SMILES string of the molecule is COc1ccc(NC(=O)N2C[C@H]3C[C@H](c4ccccc4C(F)(F)F)C[C@H]3C2)c(C(=O)O)c1. The molecular weight excluding hydrogens is 425 g/mol. The summed E-state index contributed by atoms with van der Waals surface area (Å²) in [6.45, 7) is 0.861. The van der Waals surface area contributed by atoms with E-state index in [9.17, 15) is 27.9 Å². The molecule has 1 saturated heterocycles. The fraction of sp³-hybridized carbons (Fsp3) is 0.391. The molecule has 9 heteroatoms. The van der Waals surface area contributed by atoms with Crippen molar-refractivity contribution >= 4 is 17.7 Å². The number of ether oxygens (including phenoxy) is 1. The molecule has 2 amide bonds. The minimum atomic E-state index is -4.39. The lowest BCUT2D eigenvalue weighted by molar-refractivity contribution is -0.138. The predicted molar refractivity (Wildman–Crippen MR) is 111 cm³/mol. The summed E-state index contributed by atoms with van der Waals surface area (Å²) in [5.41, 5.74) is -0.173. The van der Waals surface area contributed by atoms with E-state index in [-0.39, 0.29) is 29.0 Å². The molecule has 1 aliphatic carbocycles. The molecule has 6 nitrogen and oxygen atoms in total. The molecular formula is C23H23F3N2O4. The second-order valence-electron chi connectivity index (χ2n) is 8.33. The molecule has 2 aromatic carbocycles. The lowest BCUT2D eigenvalue weighted by Gasteiger charge is -2.22. The smallest absolute Gasteiger partial charge is 0.416 e. The molecule has 2 aromatic rings. The van der Waals surface area contributed by atoms with Crippen molar-refractivity contribution in [1.29, 1.82) is 0 Å². The standard InChI is InChI=1S/C23H23F3N2O4/c1-32-16-6-7-20(18(10-16)21(29)30)27-22(31)28-11-14-8-13(9-15(14)12-28)17-4-2-3-5-19(17)23(24,25)26/h2-7,10,13-15H,8-9,11-12H2,1H3,(H,27,31)(H,29,30)/t13-,14+,15-. The number of carboxylic acids is 1. The van der Waals surface area contributed by atoms with E-state index in [1.807, 2.05) is 0 Å². The summed E-state index contributed by atoms with van der Waals surface area (Å²) in [7, 11) is 1.42. The molecule has 0 spiro atoms. The average Bonchev–Trinajstić information content (AvgIpc) is 3.32. The lowest BCUT2D eigenvalue weighted by atomic mass is 9.91. The van der Waals surface area contributed by atoms with Crippen LogP contribution >= 0.6 is 0 Å². The van der Waals surface area contributed by atoms with Crippen LogP contribution < -0.4 is 10.1 Å². The highest BCUT2D eigenvalue weighted by atomic mass is 19.4. The molecule has 0 aromatic heterocycles. The van der Waals surface area contributed by atoms with E-state index < -0.39 is 23.7 Å². The van der Waals surface area contributed by atoms with Gasteiger partial charge in [-0.3, -0.25) is 0 Å². The van der Waals surface area contributed by atoms with Gasteiger partial charge >= 0.3 is 18.2 Å². The second kappa shape index (κ2) is 8.37. The van der Waals surface area contributed by atoms with Gasteiger partial charge in [0.05, 0.1) is 23.9 Å². The fourth-order valence-corrected chi connectivity index (χ4v) is 4.96. The van der Waals surface area contributed by atoms with E-state index in [1.54, 1.807) is 23.1 Å². The molecule has 0 unspecified atom stereocenters. The summed E-state index contributed by atoms with van der Waals surface area (Å²) in [6, 6.07) is 9.66. The van der Waals surface area contributed by atoms with Crippen LogP contribution in [0.5, 0.6) is 5.75 Å². The zero-order valence-corrected chi connectivity index (χ0v) is 17.4. The van der Waals surface area contributed by atoms with Crippen LogP contribution in [-0.2, 0) is 6.18 Å². The zero-order valence-electron chi connectivity index (χ0n) is 17.4. The highest BCUT2D eigenvalue weighted by Crippen LogP contribution is 2.48. The number of rotatable bonds is 4. The number of benzene rings is 2. The van der Waals surface area contributed by atoms with Crippen LogP contribution in [0.1, 0.15) is 40.2 Å². The van der Waals surface area contributed by atoms with Crippen molar-refractivity contribution < 1.29 is 32.6 Å². The number of nitrogens with zero attached hydrogens (tertiary/aromatic N) is 1. The highest BCUT2D eigenvalue weighted by molar-refractivity contribution is 6.00. The van der Waals surface area contributed by atoms with Crippen LogP contribution in [0.25, 0.3) is 0 Å². The number of fused-ring (bicyclic) bond motifs is 1. The number of urea groups is 1. The van der Waals surface area contributed by atoms with Gasteiger partial charge < -0.3 is 20.1 Å². The van der Waals surface area contributed by atoms with E-state index in [1.165, 1.54) is 25.3 Å². The summed E-state index contributed by atoms with van der Waals surface area (Å²) < 4.78 is 45.2. The molecule has 0 bridgehead atoms. The van der Waals surface area contributed by atoms with Crippen molar-refractivity contribution in [3.05, 3.63) is 59.2 Å². The number of hydrogen-bond acceptors (Lipinski definition) is 3. The molecule has 1 saturated carbocycles. The van der Waals surface area contributed by atoms with Gasteiger partial charge in [0.1, 0.15) is 5.75 Å². The maximum atomic E-state index is 13.4. The third-order valence-electron chi connectivity index (χ3n) is 6.44. The van der Waals surface area contributed by atoms with Crippen molar-refractivity contribution in [2.75, 3.05) is 25.5 Å². The van der Waals surface area contributed by atoms with Gasteiger partial charge in [0.25, 0.3) is 0 Å². The average molecular weight is 448 g/mol. The van der Waals surface area contributed by atoms with Crippen LogP contribution in [0.15, 0.2) is 42.5 Å². The van der Waals surface area contributed by atoms with Crippen LogP contribution in [-0.4, -0.2) is 42.2 Å². The number of nitrogens with one attached hydrogen (secondary N) is 1. The largest absolute Gasteiger partial charge is 0.497 e. The summed E-state index contributed by atoms with van der Waals surface area (Å²) in [5, 5.41) is 12.1. The number of halogens is 3. The third-order valence-corrected chi connectivity index (χ3v) is 6.44. The van der Waals surface area contributed by atoms with Gasteiger partial charge in [-0.25, -0.2) is 9.59 Å². The van der Waals surface area contributed by atoms with Gasteiger partial charge in [-0.05, 0) is 60.4 Å². The van der Waals surface area contributed by atoms with Crippen molar-refractivity contribution in [2.24, 2.45) is 11.8 Å². The van der Waals surface area contributed by atoms with Crippen LogP contribution in [0.4, 0.5) is 23.7 Å². The second-order valence-corrected chi connectivity index (χ2v) is 8.33. The number of methoxy groups -OCH3 is 1. The van der Waals surface area contributed by atoms with Crippen molar-refractivity contribution in [2.45, 2.75) is 24.9 Å². The highest BCUT2D eigenvalue weighted by Gasteiger charge is 2.45. The summed E-state index contributed by atoms with van der Waals surface area (Å²) in [6.07, 6.45) is -3.21. The minimum absolute atomic E-state index is 0.0825. The zero-order chi connectivity index (χ0) is 23.0. The van der Waals surface area contributed by atoms with Crippen LogP contribution in [0.2, 0.25) is 0 Å². The Morgan fingerprint density at radius 1 is 1.09 bits per heavy atom. The monoisotopic (exact) mass is 448 g/mol. The Kier molecular flexibility index (Phi) is 5.75. The van der Waals surface area contributed by atoms with Gasteiger partial charge in [0.15, 0.2) is 0 Å². The summed E-state index contributed by atoms with van der Waals surface area (Å²) in [4.78, 5) is 25.9. The topological polar surface area (TPSA) is 78.9 Å². The first kappa shape index (κ1) is 22.0. The van der Waals surface area contributed by atoms with Gasteiger partial charge in [-0.15, -0.1) is 0 Å². The van der Waals surface area contributed by atoms with Gasteiger partial charge in [-0.2, -0.15) is 13.2 Å². The van der Waals surface area contributed by atoms with E-state index >= 15 is 0 Å². The van der Waals surface area contributed by atoms with Crippen molar-refractivity contribution in [3.63, 3.8) is 0 Å². The fourth-order valence-electron chi connectivity index (χ4n) is 4.96. The van der Waals surface area contributed by atoms with Gasteiger partial charge in [0, 0.05) is 13.1 Å². The molecule has 1 heterocycles. The number of alkyl halides is 3. The minimum Gasteiger partial charge on any atom is -0.497 e. The third kappa shape index (κ3) is 4.24. The van der Waals surface area contributed by atoms with Gasteiger partial charge in [-0.1, -0.05) is 18.2 Å². The number of hydrogen-bond donors (Lipinski definition) is 2. The van der Waals surface area contributed by atoms with Crippen LogP contribution in [0, 0.1) is 11.8 Å². The Morgan fingerprint density at radius 3 is 2.34 bits per heavy atom. The van der Waals surface area contributed by atoms with Crippen molar-refractivity contribution in [3.8, 4) is 5.75 Å². The Hall–Kier alpha value is -3.23. The van der Waals surface area contributed by atoms with E-state index in [2.05, 4.69) is 5.32 Å². The van der Waals surface area contributed by atoms with Crippen molar-refractivity contribution in [1.82, 2.24) is 4.90 Å². The molecule has 2 N–H and O–H groups in total. The summed E-state index contributed by atoms with van der Waals surface area (Å²) >= 11 is 0. The van der Waals surface area contributed by atoms with Gasteiger partial charge in [0.2, 0.25) is 0 Å². The lowest BCUT2D eigenvalue weighted by Crippen LogP contribution is -2.34. The Labute approximate surface area is 183 Å². The maximum absolute atomic E-state index is 13.4. The first-order valence-corrected chi connectivity index (χ1v) is 10.3. The van der Waals surface area contributed by atoms with E-state index in [0.29, 0.717) is 37.2 Å². The number of carbonyl (C=O) groups excluding carboxylic acids is 1. The maximum Gasteiger partial charge on any atom is 0.416 e. The number of likely N-dealkylation sites (tertiary alicyclic amines) is 1. The Bertz CT molecular complexity index is 1030. The number of amides is 2. The molecule has 2 aliphatic rings. The molecule has 1 aliphatic heterocycles. The molecule has 4 rings (SSSR count). The molecule has 2 fully saturated rings. The molecule has 32 heavy (non-hydrogen) atoms. The Morgan fingerprint density at radius 2 is 1.75 bits per heavy atom. The van der Waals surface area contributed by atoms with E-state index in [4.69, 9.17) is 4.74 Å². The molecule has 0 radical (unpaired) electrons. The van der Waals surface area contributed by atoms with E-state index in [0.717, 1.165) is 6.07 Å².